The van der Waals surface area contributed by atoms with Crippen LogP contribution in [0.25, 0.3) is 10.9 Å². The lowest BCUT2D eigenvalue weighted by Crippen LogP contribution is -2.54. The van der Waals surface area contributed by atoms with Crippen LogP contribution in [0.2, 0.25) is 0 Å². The molecule has 1 saturated heterocycles. The fourth-order valence-corrected chi connectivity index (χ4v) is 6.15. The Morgan fingerprint density at radius 1 is 1.19 bits per heavy atom. The molecule has 3 N–H and O–H groups in total. The predicted molar refractivity (Wildman–Crippen MR) is 138 cm³/mol. The van der Waals surface area contributed by atoms with Crippen LogP contribution in [0, 0.1) is 0 Å². The highest BCUT2D eigenvalue weighted by Gasteiger charge is 2.42. The van der Waals surface area contributed by atoms with Crippen molar-refractivity contribution in [3.8, 4) is 0 Å². The van der Waals surface area contributed by atoms with Crippen molar-refractivity contribution in [3.63, 3.8) is 0 Å². The van der Waals surface area contributed by atoms with E-state index < -0.39 is 25.1 Å². The molecule has 3 aromatic rings. The molecular weight excluding hydrogens is 479 g/mol. The summed E-state index contributed by atoms with van der Waals surface area (Å²) >= 11 is 0. The van der Waals surface area contributed by atoms with Crippen LogP contribution in [-0.2, 0) is 19.3 Å². The number of nitrogens with one attached hydrogen (secondary N) is 2. The van der Waals surface area contributed by atoms with Crippen molar-refractivity contribution >= 4 is 16.6 Å². The number of aryl methyl sites for hydroxylation is 2. The van der Waals surface area contributed by atoms with Crippen LogP contribution in [0.1, 0.15) is 47.5 Å². The highest BCUT2D eigenvalue weighted by Crippen LogP contribution is 2.43. The molecule has 9 heteroatoms. The van der Waals surface area contributed by atoms with Gasteiger partial charge in [0.1, 0.15) is 6.61 Å². The van der Waals surface area contributed by atoms with E-state index in [9.17, 15) is 18.3 Å². The number of hydrogen-bond donors (Lipinski definition) is 3. The molecule has 2 atom stereocenters. The third-order valence-corrected chi connectivity index (χ3v) is 8.24. The normalized spacial score (nSPS) is 22.4. The molecule has 6 rings (SSSR count). The summed E-state index contributed by atoms with van der Waals surface area (Å²) in [6.07, 6.45) is 5.16. The Labute approximate surface area is 214 Å². The van der Waals surface area contributed by atoms with Gasteiger partial charge in [-0.05, 0) is 73.6 Å². The number of H-pyrrole nitrogens is 1. The van der Waals surface area contributed by atoms with Gasteiger partial charge in [-0.3, -0.25) is 19.2 Å². The number of alkyl halides is 3. The van der Waals surface area contributed by atoms with Gasteiger partial charge in [0.25, 0.3) is 5.92 Å². The number of hydrogen-bond acceptors (Lipinski definition) is 5. The van der Waals surface area contributed by atoms with Crippen LogP contribution in [0.4, 0.5) is 18.9 Å². The fraction of sp³-hybridized carbons (Fsp3) is 0.536. The van der Waals surface area contributed by atoms with Crippen LogP contribution in [-0.4, -0.2) is 82.3 Å². The topological polar surface area (TPSA) is 67.4 Å². The molecule has 3 aliphatic rings. The van der Waals surface area contributed by atoms with Gasteiger partial charge < -0.3 is 15.4 Å². The summed E-state index contributed by atoms with van der Waals surface area (Å²) in [6, 6.07) is 8.02. The van der Waals surface area contributed by atoms with Crippen LogP contribution in [0.5, 0.6) is 0 Å². The molecule has 0 spiro atoms. The van der Waals surface area contributed by atoms with Gasteiger partial charge >= 0.3 is 0 Å². The molecule has 37 heavy (non-hydrogen) atoms. The third kappa shape index (κ3) is 4.62. The standard InChI is InChI=1S/C28H34F3N5O/c1-17-9-23-22-10-18-3-4-19(18)11-25(22)34-26(23)27(36(17)15-28(30,31)16-37)24-6-5-20(12-32-24)33-21-13-35(14-21)8-2-7-29/h5-6,10-12,17,21,27,33-34,37H,2-4,7-9,13-16H2,1H3/t17-,27-/m0/s1. The highest BCUT2D eigenvalue weighted by atomic mass is 19.3. The number of rotatable bonds is 9. The first-order valence-electron chi connectivity index (χ1n) is 13.3. The first kappa shape index (κ1) is 24.7. The number of benzene rings is 1. The second-order valence-electron chi connectivity index (χ2n) is 10.9. The Morgan fingerprint density at radius 3 is 2.65 bits per heavy atom. The van der Waals surface area contributed by atoms with Crippen LogP contribution in [0.3, 0.4) is 0 Å². The number of fused-ring (bicyclic) bond motifs is 4. The van der Waals surface area contributed by atoms with Crippen molar-refractivity contribution in [2.75, 3.05) is 44.8 Å². The molecule has 1 aromatic carbocycles. The molecule has 1 aliphatic carbocycles. The SMILES string of the molecule is C[C@H]1Cc2c([nH]c3cc4c(cc23)CC4)[C@H](c2ccc(NC3CN(CCCF)C3)cn2)N1CC(F)(F)CO. The van der Waals surface area contributed by atoms with Gasteiger partial charge in [0.05, 0.1) is 42.9 Å². The lowest BCUT2D eigenvalue weighted by atomic mass is 9.85. The largest absolute Gasteiger partial charge is 0.390 e. The lowest BCUT2D eigenvalue weighted by Gasteiger charge is -2.42. The number of nitrogens with zero attached hydrogens (tertiary/aromatic N) is 3. The summed E-state index contributed by atoms with van der Waals surface area (Å²) in [5.41, 5.74) is 7.46. The Balaban J connectivity index is 1.30. The molecule has 1 fully saturated rings. The molecule has 0 radical (unpaired) electrons. The number of aromatic amines is 1. The predicted octanol–water partition coefficient (Wildman–Crippen LogP) is 4.08. The molecule has 0 unspecified atom stereocenters. The monoisotopic (exact) mass is 513 g/mol. The van der Waals surface area contributed by atoms with Crippen molar-refractivity contribution in [2.24, 2.45) is 0 Å². The van der Waals surface area contributed by atoms with Crippen molar-refractivity contribution in [3.05, 3.63) is 58.5 Å². The Kier molecular flexibility index (Phi) is 6.41. The van der Waals surface area contributed by atoms with E-state index in [2.05, 4.69) is 27.3 Å². The van der Waals surface area contributed by atoms with E-state index in [4.69, 9.17) is 4.98 Å². The van der Waals surface area contributed by atoms with Gasteiger partial charge in [0, 0.05) is 42.3 Å². The molecule has 2 aliphatic heterocycles. The third-order valence-electron chi connectivity index (χ3n) is 8.24. The molecular formula is C28H34F3N5O. The summed E-state index contributed by atoms with van der Waals surface area (Å²) < 4.78 is 41.4. The van der Waals surface area contributed by atoms with Crippen molar-refractivity contribution < 1.29 is 18.3 Å². The van der Waals surface area contributed by atoms with E-state index in [1.807, 2.05) is 19.1 Å². The van der Waals surface area contributed by atoms with Gasteiger partial charge in [-0.2, -0.15) is 0 Å². The first-order chi connectivity index (χ1) is 17.8. The van der Waals surface area contributed by atoms with Gasteiger partial charge in [-0.1, -0.05) is 0 Å². The average Bonchev–Trinajstić information content (AvgIpc) is 3.19. The van der Waals surface area contributed by atoms with E-state index in [1.165, 1.54) is 22.1 Å². The summed E-state index contributed by atoms with van der Waals surface area (Å²) in [4.78, 5) is 12.3. The molecule has 2 aromatic heterocycles. The van der Waals surface area contributed by atoms with Crippen molar-refractivity contribution in [1.29, 1.82) is 0 Å². The number of pyridine rings is 1. The molecule has 6 nitrogen and oxygen atoms in total. The lowest BCUT2D eigenvalue weighted by molar-refractivity contribution is -0.0867. The number of aromatic nitrogens is 2. The van der Waals surface area contributed by atoms with Gasteiger partial charge in [-0.15, -0.1) is 0 Å². The smallest absolute Gasteiger partial charge is 0.283 e. The average molecular weight is 514 g/mol. The summed E-state index contributed by atoms with van der Waals surface area (Å²) in [5, 5.41) is 14.0. The fourth-order valence-electron chi connectivity index (χ4n) is 6.15. The van der Waals surface area contributed by atoms with Crippen LogP contribution >= 0.6 is 0 Å². The Bertz CT molecular complexity index is 1270. The zero-order chi connectivity index (χ0) is 25.7. The van der Waals surface area contributed by atoms with Crippen molar-refractivity contribution in [2.45, 2.75) is 56.7 Å². The minimum Gasteiger partial charge on any atom is -0.390 e. The summed E-state index contributed by atoms with van der Waals surface area (Å²) in [6.45, 7) is 2.47. The second-order valence-corrected chi connectivity index (χ2v) is 10.9. The van der Waals surface area contributed by atoms with E-state index in [1.54, 1.807) is 11.1 Å². The number of halogens is 3. The highest BCUT2D eigenvalue weighted by molar-refractivity contribution is 5.87. The maximum Gasteiger partial charge on any atom is 0.283 e. The quantitative estimate of drug-likeness (QED) is 0.403. The van der Waals surface area contributed by atoms with Gasteiger partial charge in [0.2, 0.25) is 0 Å². The maximum absolute atomic E-state index is 14.5. The molecule has 0 bridgehead atoms. The molecule has 4 heterocycles. The number of anilines is 1. The van der Waals surface area contributed by atoms with E-state index in [0.29, 0.717) is 24.6 Å². The summed E-state index contributed by atoms with van der Waals surface area (Å²) in [7, 11) is 0. The van der Waals surface area contributed by atoms with Crippen LogP contribution < -0.4 is 5.32 Å². The molecule has 0 saturated carbocycles. The van der Waals surface area contributed by atoms with Crippen molar-refractivity contribution in [1.82, 2.24) is 19.8 Å². The zero-order valence-corrected chi connectivity index (χ0v) is 21.1. The molecule has 0 amide bonds. The maximum atomic E-state index is 14.5. The Morgan fingerprint density at radius 2 is 1.97 bits per heavy atom. The van der Waals surface area contributed by atoms with Crippen LogP contribution in [0.15, 0.2) is 30.5 Å². The summed E-state index contributed by atoms with van der Waals surface area (Å²) in [5.74, 6) is -3.21. The molecule has 198 valence electrons. The van der Waals surface area contributed by atoms with E-state index in [0.717, 1.165) is 49.4 Å². The number of aliphatic hydroxyl groups excluding tert-OH is 1. The van der Waals surface area contributed by atoms with E-state index >= 15 is 0 Å². The first-order valence-corrected chi connectivity index (χ1v) is 13.3. The minimum atomic E-state index is -3.21. The van der Waals surface area contributed by atoms with Gasteiger partial charge in [-0.25, -0.2) is 8.78 Å². The number of aliphatic hydroxyl groups is 1. The minimum absolute atomic E-state index is 0.148. The zero-order valence-electron chi connectivity index (χ0n) is 21.1. The Hall–Kier alpha value is -2.62. The van der Waals surface area contributed by atoms with E-state index in [-0.39, 0.29) is 12.7 Å². The second kappa shape index (κ2) is 9.60. The van der Waals surface area contributed by atoms with Gasteiger partial charge in [0.15, 0.2) is 0 Å². The number of likely N-dealkylation sites (tertiary alicyclic amines) is 1.